The van der Waals surface area contributed by atoms with E-state index in [-0.39, 0.29) is 16.6 Å². The lowest BCUT2D eigenvalue weighted by molar-refractivity contribution is -0.142. The predicted octanol–water partition coefficient (Wildman–Crippen LogP) is 3.29. The van der Waals surface area contributed by atoms with E-state index >= 15 is 0 Å². The van der Waals surface area contributed by atoms with Gasteiger partial charge in [-0.3, -0.25) is 9.48 Å². The molecule has 1 fully saturated rings. The molecule has 0 aliphatic carbocycles. The quantitative estimate of drug-likeness (QED) is 0.769. The summed E-state index contributed by atoms with van der Waals surface area (Å²) < 4.78 is 7.06. The molecule has 0 radical (unpaired) electrons. The molecule has 0 N–H and O–H groups in total. The lowest BCUT2D eigenvalue weighted by atomic mass is 10.1. The molecule has 26 heavy (non-hydrogen) atoms. The molecule has 1 unspecified atom stereocenters. The molecular formula is C19H22ClN3O3. The lowest BCUT2D eigenvalue weighted by Gasteiger charge is -2.30. The van der Waals surface area contributed by atoms with Crippen LogP contribution in [0.5, 0.6) is 0 Å². The van der Waals surface area contributed by atoms with Gasteiger partial charge in [-0.2, -0.15) is 5.10 Å². The van der Waals surface area contributed by atoms with Crippen molar-refractivity contribution in [2.24, 2.45) is 7.05 Å². The van der Waals surface area contributed by atoms with Crippen LogP contribution in [0.4, 0.5) is 0 Å². The van der Waals surface area contributed by atoms with Crippen molar-refractivity contribution in [3.05, 3.63) is 52.3 Å². The molecule has 1 aromatic carbocycles. The smallest absolute Gasteiger partial charge is 0.344 e. The number of rotatable bonds is 4. The number of ether oxygens (including phenoxy) is 1. The van der Waals surface area contributed by atoms with Crippen LogP contribution >= 0.6 is 11.6 Å². The van der Waals surface area contributed by atoms with Crippen LogP contribution in [0.25, 0.3) is 0 Å². The predicted molar refractivity (Wildman–Crippen MR) is 98.0 cm³/mol. The van der Waals surface area contributed by atoms with Crippen molar-refractivity contribution in [2.45, 2.75) is 32.3 Å². The van der Waals surface area contributed by atoms with Crippen molar-refractivity contribution in [1.29, 1.82) is 0 Å². The van der Waals surface area contributed by atoms with Gasteiger partial charge in [-0.25, -0.2) is 4.79 Å². The summed E-state index contributed by atoms with van der Waals surface area (Å²) in [5, 5.41) is 4.33. The van der Waals surface area contributed by atoms with Crippen LogP contribution in [0.2, 0.25) is 5.15 Å². The van der Waals surface area contributed by atoms with E-state index in [1.165, 1.54) is 4.68 Å². The highest BCUT2D eigenvalue weighted by Crippen LogP contribution is 2.26. The monoisotopic (exact) mass is 375 g/mol. The van der Waals surface area contributed by atoms with Crippen molar-refractivity contribution in [3.63, 3.8) is 0 Å². The fourth-order valence-electron chi connectivity index (χ4n) is 3.20. The summed E-state index contributed by atoms with van der Waals surface area (Å²) in [5.74, 6) is -0.832. The Hall–Kier alpha value is -2.34. The van der Waals surface area contributed by atoms with Crippen LogP contribution < -0.4 is 0 Å². The minimum absolute atomic E-state index is 0.193. The summed E-state index contributed by atoms with van der Waals surface area (Å²) in [6.45, 7) is 3.06. The van der Waals surface area contributed by atoms with E-state index in [4.69, 9.17) is 16.3 Å². The number of benzene rings is 1. The number of amides is 1. The standard InChI is InChI=1S/C19H22ClN3O3/c1-13-15(17(20)22(2)21-13)19(25)26-16(14-9-5-3-6-10-14)18(24)23-11-7-4-8-12-23/h3,5-6,9-10,16H,4,7-8,11-12H2,1-2H3. The normalized spacial score (nSPS) is 15.6. The number of carbonyl (C=O) groups excluding carboxylic acids is 2. The van der Waals surface area contributed by atoms with Gasteiger partial charge in [0.05, 0.1) is 5.69 Å². The van der Waals surface area contributed by atoms with Crippen LogP contribution in [0, 0.1) is 6.92 Å². The maximum Gasteiger partial charge on any atom is 0.344 e. The molecule has 0 spiro atoms. The Bertz CT molecular complexity index is 798. The highest BCUT2D eigenvalue weighted by atomic mass is 35.5. The van der Waals surface area contributed by atoms with E-state index in [0.717, 1.165) is 19.3 Å². The van der Waals surface area contributed by atoms with Crippen molar-refractivity contribution in [3.8, 4) is 0 Å². The molecular weight excluding hydrogens is 354 g/mol. The molecule has 7 heteroatoms. The highest BCUT2D eigenvalue weighted by molar-refractivity contribution is 6.32. The molecule has 1 aliphatic heterocycles. The SMILES string of the molecule is Cc1nn(C)c(Cl)c1C(=O)OC(C(=O)N1CCCCC1)c1ccccc1. The highest BCUT2D eigenvalue weighted by Gasteiger charge is 2.32. The number of esters is 1. The molecule has 1 amide bonds. The molecule has 2 heterocycles. The van der Waals surface area contributed by atoms with Gasteiger partial charge in [0, 0.05) is 25.7 Å². The molecule has 1 saturated heterocycles. The zero-order valence-electron chi connectivity index (χ0n) is 14.9. The number of likely N-dealkylation sites (tertiary alicyclic amines) is 1. The lowest BCUT2D eigenvalue weighted by Crippen LogP contribution is -2.40. The third-order valence-electron chi connectivity index (χ3n) is 4.58. The topological polar surface area (TPSA) is 64.4 Å². The van der Waals surface area contributed by atoms with Crippen LogP contribution in [0.3, 0.4) is 0 Å². The first-order valence-electron chi connectivity index (χ1n) is 8.73. The number of hydrogen-bond acceptors (Lipinski definition) is 4. The van der Waals surface area contributed by atoms with Crippen LogP contribution in [-0.2, 0) is 16.6 Å². The third-order valence-corrected chi connectivity index (χ3v) is 5.01. The number of hydrogen-bond donors (Lipinski definition) is 0. The largest absolute Gasteiger partial charge is 0.444 e. The Kier molecular flexibility index (Phi) is 5.61. The van der Waals surface area contributed by atoms with Gasteiger partial charge in [0.1, 0.15) is 10.7 Å². The van der Waals surface area contributed by atoms with Gasteiger partial charge < -0.3 is 9.64 Å². The maximum atomic E-state index is 13.0. The Morgan fingerprint density at radius 3 is 2.38 bits per heavy atom. The summed E-state index contributed by atoms with van der Waals surface area (Å²) in [5.41, 5.74) is 1.32. The zero-order chi connectivity index (χ0) is 18.7. The fraction of sp³-hybridized carbons (Fsp3) is 0.421. The van der Waals surface area contributed by atoms with Crippen LogP contribution in [0.15, 0.2) is 30.3 Å². The van der Waals surface area contributed by atoms with Crippen molar-refractivity contribution in [2.75, 3.05) is 13.1 Å². The molecule has 6 nitrogen and oxygen atoms in total. The van der Waals surface area contributed by atoms with E-state index in [0.29, 0.717) is 24.3 Å². The van der Waals surface area contributed by atoms with Crippen molar-refractivity contribution in [1.82, 2.24) is 14.7 Å². The third kappa shape index (κ3) is 3.75. The fourth-order valence-corrected chi connectivity index (χ4v) is 3.45. The van der Waals surface area contributed by atoms with Gasteiger partial charge in [-0.05, 0) is 26.2 Å². The number of nitrogens with zero attached hydrogens (tertiary/aromatic N) is 3. The number of aromatic nitrogens is 2. The molecule has 138 valence electrons. The Balaban J connectivity index is 1.88. The van der Waals surface area contributed by atoms with Crippen molar-refractivity contribution < 1.29 is 14.3 Å². The maximum absolute atomic E-state index is 13.0. The van der Waals surface area contributed by atoms with Crippen LogP contribution in [0.1, 0.15) is 47.0 Å². The summed E-state index contributed by atoms with van der Waals surface area (Å²) in [6, 6.07) is 9.08. The average molecular weight is 376 g/mol. The first kappa shape index (κ1) is 18.5. The van der Waals surface area contributed by atoms with E-state index in [2.05, 4.69) is 5.10 Å². The van der Waals surface area contributed by atoms with E-state index < -0.39 is 12.1 Å². The molecule has 2 aromatic rings. The van der Waals surface area contributed by atoms with Crippen LogP contribution in [-0.4, -0.2) is 39.6 Å². The molecule has 1 atom stereocenters. The van der Waals surface area contributed by atoms with E-state index in [9.17, 15) is 9.59 Å². The van der Waals surface area contributed by atoms with Gasteiger partial charge in [-0.15, -0.1) is 0 Å². The zero-order valence-corrected chi connectivity index (χ0v) is 15.7. The Morgan fingerprint density at radius 2 is 1.81 bits per heavy atom. The first-order chi connectivity index (χ1) is 12.5. The Morgan fingerprint density at radius 1 is 1.15 bits per heavy atom. The molecule has 3 rings (SSSR count). The molecule has 0 saturated carbocycles. The average Bonchev–Trinajstić information content (AvgIpc) is 2.92. The summed E-state index contributed by atoms with van der Waals surface area (Å²) in [6.07, 6.45) is 2.06. The second kappa shape index (κ2) is 7.91. The summed E-state index contributed by atoms with van der Waals surface area (Å²) >= 11 is 6.17. The number of piperidine rings is 1. The van der Waals surface area contributed by atoms with E-state index in [1.807, 2.05) is 18.2 Å². The minimum atomic E-state index is -0.988. The number of carbonyl (C=O) groups is 2. The van der Waals surface area contributed by atoms with E-state index in [1.54, 1.807) is 31.0 Å². The molecule has 1 aliphatic rings. The number of aryl methyl sites for hydroxylation is 2. The van der Waals surface area contributed by atoms with Gasteiger partial charge in [0.25, 0.3) is 5.91 Å². The number of halogens is 1. The second-order valence-corrected chi connectivity index (χ2v) is 6.81. The van der Waals surface area contributed by atoms with Crippen molar-refractivity contribution >= 4 is 23.5 Å². The summed E-state index contributed by atoms with van der Waals surface area (Å²) in [7, 11) is 1.65. The van der Waals surface area contributed by atoms with Gasteiger partial charge in [0.15, 0.2) is 0 Å². The van der Waals surface area contributed by atoms with Gasteiger partial charge >= 0.3 is 5.97 Å². The first-order valence-corrected chi connectivity index (χ1v) is 9.10. The van der Waals surface area contributed by atoms with Gasteiger partial charge in [-0.1, -0.05) is 41.9 Å². The Labute approximate surface area is 157 Å². The summed E-state index contributed by atoms with van der Waals surface area (Å²) in [4.78, 5) is 27.5. The molecule has 1 aromatic heterocycles. The second-order valence-electron chi connectivity index (χ2n) is 6.46. The van der Waals surface area contributed by atoms with Gasteiger partial charge in [0.2, 0.25) is 6.10 Å². The molecule has 0 bridgehead atoms. The minimum Gasteiger partial charge on any atom is -0.444 e.